The lowest BCUT2D eigenvalue weighted by atomic mass is 10.1. The lowest BCUT2D eigenvalue weighted by Gasteiger charge is -2.20. The highest BCUT2D eigenvalue weighted by Gasteiger charge is 2.31. The molecule has 128 valence electrons. The summed E-state index contributed by atoms with van der Waals surface area (Å²) in [6.07, 6.45) is 2.99. The number of aromatic nitrogens is 2. The zero-order valence-electron chi connectivity index (χ0n) is 13.7. The maximum absolute atomic E-state index is 12.2. The van der Waals surface area contributed by atoms with Gasteiger partial charge in [-0.15, -0.1) is 0 Å². The molecule has 1 saturated heterocycles. The van der Waals surface area contributed by atoms with Gasteiger partial charge in [-0.05, 0) is 31.0 Å². The van der Waals surface area contributed by atoms with E-state index in [1.54, 1.807) is 12.4 Å². The van der Waals surface area contributed by atoms with Crippen LogP contribution in [-0.4, -0.2) is 48.1 Å². The molecule has 2 N–H and O–H groups in total. The third kappa shape index (κ3) is 4.05. The molecule has 0 unspecified atom stereocenters. The predicted molar refractivity (Wildman–Crippen MR) is 87.2 cm³/mol. The summed E-state index contributed by atoms with van der Waals surface area (Å²) < 4.78 is 16.8. The van der Waals surface area contributed by atoms with E-state index in [1.165, 1.54) is 0 Å². The van der Waals surface area contributed by atoms with Crippen LogP contribution in [0.4, 0.5) is 0 Å². The van der Waals surface area contributed by atoms with E-state index >= 15 is 0 Å². The Morgan fingerprint density at radius 2 is 2.29 bits per heavy atom. The molecule has 2 atom stereocenters. The van der Waals surface area contributed by atoms with Crippen LogP contribution in [0.3, 0.4) is 0 Å². The van der Waals surface area contributed by atoms with Gasteiger partial charge >= 0.3 is 0 Å². The van der Waals surface area contributed by atoms with Gasteiger partial charge < -0.3 is 19.5 Å². The molecule has 0 bridgehead atoms. The Morgan fingerprint density at radius 1 is 1.42 bits per heavy atom. The molecule has 1 aromatic carbocycles. The number of aromatic amines is 1. The number of nitrogens with one attached hydrogen (secondary N) is 2. The first-order chi connectivity index (χ1) is 11.6. The Balaban J connectivity index is 1.51. The van der Waals surface area contributed by atoms with Gasteiger partial charge in [-0.25, -0.2) is 0 Å². The van der Waals surface area contributed by atoms with Gasteiger partial charge in [0.15, 0.2) is 12.4 Å². The smallest absolute Gasteiger partial charge is 0.258 e. The Bertz CT molecular complexity index is 687. The second-order valence-corrected chi connectivity index (χ2v) is 5.86. The van der Waals surface area contributed by atoms with Gasteiger partial charge in [0.25, 0.3) is 5.91 Å². The van der Waals surface area contributed by atoms with Crippen molar-refractivity contribution in [2.75, 3.05) is 19.8 Å². The van der Waals surface area contributed by atoms with Crippen LogP contribution < -0.4 is 14.8 Å². The van der Waals surface area contributed by atoms with Gasteiger partial charge in [0.1, 0.15) is 11.9 Å². The van der Waals surface area contributed by atoms with Crippen molar-refractivity contribution >= 4 is 5.91 Å². The van der Waals surface area contributed by atoms with Gasteiger partial charge in [-0.1, -0.05) is 12.1 Å². The van der Waals surface area contributed by atoms with Gasteiger partial charge in [-0.3, -0.25) is 9.89 Å². The summed E-state index contributed by atoms with van der Waals surface area (Å²) in [6.45, 7) is 4.73. The normalized spacial score (nSPS) is 19.9. The zero-order chi connectivity index (χ0) is 16.9. The largest absolute Gasteiger partial charge is 0.483 e. The summed E-state index contributed by atoms with van der Waals surface area (Å²) in [5.41, 5.74) is 2.09. The molecule has 0 radical (unpaired) electrons. The summed E-state index contributed by atoms with van der Waals surface area (Å²) >= 11 is 0. The predicted octanol–water partition coefficient (Wildman–Crippen LogP) is 1.37. The van der Waals surface area contributed by atoms with E-state index in [4.69, 9.17) is 14.2 Å². The number of carbonyl (C=O) groups excluding carboxylic acids is 1. The number of carbonyl (C=O) groups is 1. The minimum absolute atomic E-state index is 0.0424. The Hall–Kier alpha value is -2.54. The standard InChI is InChI=1S/C17H21N3O4/c1-11-3-4-12(2)15(5-11)23-10-17(21)20-14-8-22-9-16(14)24-13-6-18-19-7-13/h3-7,14,16H,8-10H2,1-2H3,(H,18,19)(H,20,21)/t14-,16+/m0/s1. The Kier molecular flexibility index (Phi) is 5.00. The fourth-order valence-corrected chi connectivity index (χ4v) is 2.52. The Labute approximate surface area is 140 Å². The van der Waals surface area contributed by atoms with E-state index in [2.05, 4.69) is 15.5 Å². The Morgan fingerprint density at radius 3 is 3.08 bits per heavy atom. The van der Waals surface area contributed by atoms with E-state index in [0.717, 1.165) is 16.9 Å². The molecule has 24 heavy (non-hydrogen) atoms. The van der Waals surface area contributed by atoms with Crippen LogP contribution in [-0.2, 0) is 9.53 Å². The molecule has 7 heteroatoms. The lowest BCUT2D eigenvalue weighted by Crippen LogP contribution is -2.46. The first-order valence-electron chi connectivity index (χ1n) is 7.84. The molecule has 0 spiro atoms. The molecule has 1 fully saturated rings. The van der Waals surface area contributed by atoms with E-state index in [9.17, 15) is 4.79 Å². The third-order valence-electron chi connectivity index (χ3n) is 3.84. The molecule has 3 rings (SSSR count). The van der Waals surface area contributed by atoms with Crippen molar-refractivity contribution in [3.8, 4) is 11.5 Å². The van der Waals surface area contributed by atoms with Gasteiger partial charge in [0, 0.05) is 0 Å². The maximum atomic E-state index is 12.2. The SMILES string of the molecule is Cc1ccc(C)c(OCC(=O)N[C@H]2COC[C@H]2Oc2cn[nH]c2)c1. The number of benzene rings is 1. The minimum Gasteiger partial charge on any atom is -0.483 e. The molecular formula is C17H21N3O4. The van der Waals surface area contributed by atoms with E-state index < -0.39 is 0 Å². The summed E-state index contributed by atoms with van der Waals surface area (Å²) in [5.74, 6) is 1.14. The lowest BCUT2D eigenvalue weighted by molar-refractivity contribution is -0.124. The van der Waals surface area contributed by atoms with E-state index in [0.29, 0.717) is 19.0 Å². The van der Waals surface area contributed by atoms with Crippen molar-refractivity contribution < 1.29 is 19.0 Å². The van der Waals surface area contributed by atoms with Crippen molar-refractivity contribution in [1.82, 2.24) is 15.5 Å². The summed E-state index contributed by atoms with van der Waals surface area (Å²) in [6, 6.07) is 5.69. The van der Waals surface area contributed by atoms with Crippen LogP contribution in [0, 0.1) is 13.8 Å². The third-order valence-corrected chi connectivity index (χ3v) is 3.84. The molecule has 1 amide bonds. The van der Waals surface area contributed by atoms with Crippen LogP contribution in [0.25, 0.3) is 0 Å². The summed E-state index contributed by atoms with van der Waals surface area (Å²) in [4.78, 5) is 12.2. The van der Waals surface area contributed by atoms with Crippen LogP contribution in [0.2, 0.25) is 0 Å². The molecule has 2 aromatic rings. The van der Waals surface area contributed by atoms with Gasteiger partial charge in [0.05, 0.1) is 31.6 Å². The van der Waals surface area contributed by atoms with Gasteiger partial charge in [0.2, 0.25) is 0 Å². The summed E-state index contributed by atoms with van der Waals surface area (Å²) in [7, 11) is 0. The van der Waals surface area contributed by atoms with Crippen molar-refractivity contribution in [2.45, 2.75) is 26.0 Å². The first-order valence-corrected chi connectivity index (χ1v) is 7.84. The number of hydrogen-bond acceptors (Lipinski definition) is 5. The number of H-pyrrole nitrogens is 1. The van der Waals surface area contributed by atoms with Crippen LogP contribution in [0.15, 0.2) is 30.6 Å². The topological polar surface area (TPSA) is 85.5 Å². The minimum atomic E-state index is -0.243. The monoisotopic (exact) mass is 331 g/mol. The van der Waals surface area contributed by atoms with Crippen molar-refractivity contribution in [1.29, 1.82) is 0 Å². The highest BCUT2D eigenvalue weighted by Crippen LogP contribution is 2.19. The second kappa shape index (κ2) is 7.35. The number of nitrogens with zero attached hydrogens (tertiary/aromatic N) is 1. The highest BCUT2D eigenvalue weighted by molar-refractivity contribution is 5.78. The average molecular weight is 331 g/mol. The zero-order valence-corrected chi connectivity index (χ0v) is 13.7. The molecular weight excluding hydrogens is 310 g/mol. The molecule has 1 aliphatic heterocycles. The van der Waals surface area contributed by atoms with E-state index in [-0.39, 0.29) is 24.7 Å². The van der Waals surface area contributed by atoms with Crippen molar-refractivity contribution in [2.24, 2.45) is 0 Å². The number of hydrogen-bond donors (Lipinski definition) is 2. The fraction of sp³-hybridized carbons (Fsp3) is 0.412. The summed E-state index contributed by atoms with van der Waals surface area (Å²) in [5, 5.41) is 9.42. The average Bonchev–Trinajstić information content (AvgIpc) is 3.21. The number of rotatable bonds is 6. The van der Waals surface area contributed by atoms with Gasteiger partial charge in [-0.2, -0.15) is 5.10 Å². The number of ether oxygens (including phenoxy) is 3. The maximum Gasteiger partial charge on any atom is 0.258 e. The molecule has 2 heterocycles. The molecule has 7 nitrogen and oxygen atoms in total. The van der Waals surface area contributed by atoms with E-state index in [1.807, 2.05) is 32.0 Å². The van der Waals surface area contributed by atoms with Crippen molar-refractivity contribution in [3.05, 3.63) is 41.7 Å². The molecule has 0 saturated carbocycles. The number of aryl methyl sites for hydroxylation is 2. The van der Waals surface area contributed by atoms with Crippen LogP contribution in [0.5, 0.6) is 11.5 Å². The van der Waals surface area contributed by atoms with Crippen molar-refractivity contribution in [3.63, 3.8) is 0 Å². The molecule has 1 aromatic heterocycles. The first kappa shape index (κ1) is 16.3. The highest BCUT2D eigenvalue weighted by atomic mass is 16.5. The molecule has 1 aliphatic rings. The molecule has 0 aliphatic carbocycles. The van der Waals surface area contributed by atoms with Crippen LogP contribution in [0.1, 0.15) is 11.1 Å². The second-order valence-electron chi connectivity index (χ2n) is 5.86. The van der Waals surface area contributed by atoms with Crippen LogP contribution >= 0.6 is 0 Å². The fourth-order valence-electron chi connectivity index (χ4n) is 2.52. The number of amides is 1. The quantitative estimate of drug-likeness (QED) is 0.835.